The Balaban J connectivity index is 2.35. The van der Waals surface area contributed by atoms with Crippen LogP contribution in [0.5, 0.6) is 0 Å². The van der Waals surface area contributed by atoms with Crippen LogP contribution in [0.3, 0.4) is 0 Å². The summed E-state index contributed by atoms with van der Waals surface area (Å²) in [6.07, 6.45) is 1.54. The molecule has 0 bridgehead atoms. The summed E-state index contributed by atoms with van der Waals surface area (Å²) in [4.78, 5) is 5.66. The topological polar surface area (TPSA) is 39.9 Å². The minimum absolute atomic E-state index is 0.239. The van der Waals surface area contributed by atoms with Gasteiger partial charge in [0.25, 0.3) is 0 Å². The summed E-state index contributed by atoms with van der Waals surface area (Å²) in [5.74, 6) is -0.167. The van der Waals surface area contributed by atoms with Gasteiger partial charge in [-0.3, -0.25) is 0 Å². The van der Waals surface area contributed by atoms with Crippen LogP contribution in [0.1, 0.15) is 5.56 Å². The van der Waals surface area contributed by atoms with Gasteiger partial charge in [-0.1, -0.05) is 0 Å². The van der Waals surface area contributed by atoms with Crippen LogP contribution in [-0.4, -0.2) is 12.0 Å². The number of pyridine rings is 1. The zero-order valence-electron chi connectivity index (χ0n) is 9.56. The van der Waals surface area contributed by atoms with Crippen molar-refractivity contribution in [3.8, 4) is 6.07 Å². The predicted octanol–water partition coefficient (Wildman–Crippen LogP) is 3.62. The molecule has 0 spiro atoms. The van der Waals surface area contributed by atoms with E-state index < -0.39 is 5.82 Å². The van der Waals surface area contributed by atoms with Gasteiger partial charge in [-0.15, -0.1) is 0 Å². The summed E-state index contributed by atoms with van der Waals surface area (Å²) in [7, 11) is 1.72. The van der Waals surface area contributed by atoms with Crippen molar-refractivity contribution < 1.29 is 4.39 Å². The number of benzene rings is 1. The molecule has 0 unspecified atom stereocenters. The SMILES string of the molecule is CN(c1ccc(C#N)cc1)c1ncc(Br)cc1F. The quantitative estimate of drug-likeness (QED) is 0.850. The Morgan fingerprint density at radius 2 is 2.00 bits per heavy atom. The number of rotatable bonds is 2. The molecule has 5 heteroatoms. The fraction of sp³-hybridized carbons (Fsp3) is 0.0769. The van der Waals surface area contributed by atoms with Crippen LogP contribution in [0, 0.1) is 17.1 Å². The fourth-order valence-electron chi connectivity index (χ4n) is 1.54. The lowest BCUT2D eigenvalue weighted by molar-refractivity contribution is 0.620. The highest BCUT2D eigenvalue weighted by atomic mass is 79.9. The maximum absolute atomic E-state index is 13.7. The Kier molecular flexibility index (Phi) is 3.58. The van der Waals surface area contributed by atoms with Crippen molar-refractivity contribution in [2.45, 2.75) is 0 Å². The summed E-state index contributed by atoms with van der Waals surface area (Å²) in [5, 5.41) is 8.72. The molecule has 0 N–H and O–H groups in total. The predicted molar refractivity (Wildman–Crippen MR) is 71.1 cm³/mol. The lowest BCUT2D eigenvalue weighted by Crippen LogP contribution is -2.12. The Hall–Kier alpha value is -1.93. The maximum atomic E-state index is 13.7. The smallest absolute Gasteiger partial charge is 0.169 e. The van der Waals surface area contributed by atoms with Crippen LogP contribution in [0.4, 0.5) is 15.9 Å². The summed E-state index contributed by atoms with van der Waals surface area (Å²) >= 11 is 3.16. The molecule has 2 aromatic rings. The molecule has 90 valence electrons. The van der Waals surface area contributed by atoms with Crippen molar-refractivity contribution in [2.24, 2.45) is 0 Å². The van der Waals surface area contributed by atoms with E-state index in [1.807, 2.05) is 6.07 Å². The van der Waals surface area contributed by atoms with Gasteiger partial charge in [0.2, 0.25) is 0 Å². The molecule has 0 saturated carbocycles. The number of nitriles is 1. The molecular weight excluding hydrogens is 297 g/mol. The van der Waals surface area contributed by atoms with E-state index in [4.69, 9.17) is 5.26 Å². The lowest BCUT2D eigenvalue weighted by atomic mass is 10.2. The Morgan fingerprint density at radius 1 is 1.33 bits per heavy atom. The highest BCUT2D eigenvalue weighted by Gasteiger charge is 2.11. The second kappa shape index (κ2) is 5.15. The second-order valence-electron chi connectivity index (χ2n) is 3.68. The van der Waals surface area contributed by atoms with Gasteiger partial charge < -0.3 is 4.90 Å². The molecule has 0 aliphatic carbocycles. The van der Waals surface area contributed by atoms with Crippen LogP contribution < -0.4 is 4.90 Å². The Bertz CT molecular complexity index is 605. The average Bonchev–Trinajstić information content (AvgIpc) is 2.38. The molecule has 1 aromatic heterocycles. The van der Waals surface area contributed by atoms with Crippen LogP contribution >= 0.6 is 15.9 Å². The molecule has 0 amide bonds. The first-order valence-corrected chi connectivity index (χ1v) is 5.96. The van der Waals surface area contributed by atoms with Gasteiger partial charge in [0.1, 0.15) is 0 Å². The summed E-state index contributed by atoms with van der Waals surface area (Å²) in [6.45, 7) is 0. The van der Waals surface area contributed by atoms with E-state index in [9.17, 15) is 4.39 Å². The largest absolute Gasteiger partial charge is 0.327 e. The van der Waals surface area contributed by atoms with E-state index in [2.05, 4.69) is 20.9 Å². The van der Waals surface area contributed by atoms with E-state index in [0.717, 1.165) is 5.69 Å². The van der Waals surface area contributed by atoms with Gasteiger partial charge in [-0.2, -0.15) is 5.26 Å². The first-order chi connectivity index (χ1) is 8.61. The van der Waals surface area contributed by atoms with E-state index in [1.165, 1.54) is 6.07 Å². The molecular formula is C13H9BrFN3. The minimum atomic E-state index is -0.406. The van der Waals surface area contributed by atoms with Crippen LogP contribution in [0.2, 0.25) is 0 Å². The molecule has 0 aliphatic heterocycles. The van der Waals surface area contributed by atoms with E-state index >= 15 is 0 Å². The third-order valence-corrected chi connectivity index (χ3v) is 2.92. The van der Waals surface area contributed by atoms with Gasteiger partial charge in [0.15, 0.2) is 11.6 Å². The average molecular weight is 306 g/mol. The van der Waals surface area contributed by atoms with Crippen molar-refractivity contribution in [1.82, 2.24) is 4.98 Å². The molecule has 0 fully saturated rings. The Labute approximate surface area is 113 Å². The summed E-state index contributed by atoms with van der Waals surface area (Å²) in [6, 6.07) is 10.3. The monoisotopic (exact) mass is 305 g/mol. The molecule has 18 heavy (non-hydrogen) atoms. The standard InChI is InChI=1S/C13H9BrFN3/c1-18(11-4-2-9(7-16)3-5-11)13-12(15)6-10(14)8-17-13/h2-6,8H,1H3. The minimum Gasteiger partial charge on any atom is -0.327 e. The maximum Gasteiger partial charge on any atom is 0.169 e. The highest BCUT2D eigenvalue weighted by Crippen LogP contribution is 2.25. The zero-order valence-corrected chi connectivity index (χ0v) is 11.1. The first-order valence-electron chi connectivity index (χ1n) is 5.17. The third kappa shape index (κ3) is 2.49. The molecule has 0 radical (unpaired) electrons. The van der Waals surface area contributed by atoms with E-state index in [0.29, 0.717) is 10.0 Å². The lowest BCUT2D eigenvalue weighted by Gasteiger charge is -2.18. The van der Waals surface area contributed by atoms with Crippen molar-refractivity contribution in [3.63, 3.8) is 0 Å². The fourth-order valence-corrected chi connectivity index (χ4v) is 1.84. The van der Waals surface area contributed by atoms with Gasteiger partial charge in [-0.25, -0.2) is 9.37 Å². The van der Waals surface area contributed by atoms with Crippen LogP contribution in [0.15, 0.2) is 41.0 Å². The van der Waals surface area contributed by atoms with Crippen LogP contribution in [0.25, 0.3) is 0 Å². The number of anilines is 2. The normalized spacial score (nSPS) is 9.89. The number of halogens is 2. The molecule has 1 aromatic carbocycles. The Morgan fingerprint density at radius 3 is 2.56 bits per heavy atom. The van der Waals surface area contributed by atoms with Crippen LogP contribution in [-0.2, 0) is 0 Å². The van der Waals surface area contributed by atoms with Gasteiger partial charge in [0, 0.05) is 23.4 Å². The van der Waals surface area contributed by atoms with E-state index in [1.54, 1.807) is 42.4 Å². The molecule has 1 heterocycles. The van der Waals surface area contributed by atoms with Crippen molar-refractivity contribution >= 4 is 27.4 Å². The molecule has 0 saturated heterocycles. The van der Waals surface area contributed by atoms with Gasteiger partial charge in [0.05, 0.1) is 11.6 Å². The highest BCUT2D eigenvalue weighted by molar-refractivity contribution is 9.10. The molecule has 0 atom stereocenters. The number of aromatic nitrogens is 1. The summed E-state index contributed by atoms with van der Waals surface area (Å²) in [5.41, 5.74) is 1.33. The molecule has 3 nitrogen and oxygen atoms in total. The third-order valence-electron chi connectivity index (χ3n) is 2.49. The number of hydrogen-bond donors (Lipinski definition) is 0. The van der Waals surface area contributed by atoms with E-state index in [-0.39, 0.29) is 5.82 Å². The van der Waals surface area contributed by atoms with Crippen molar-refractivity contribution in [3.05, 3.63) is 52.4 Å². The zero-order chi connectivity index (χ0) is 13.1. The number of hydrogen-bond acceptors (Lipinski definition) is 3. The second-order valence-corrected chi connectivity index (χ2v) is 4.59. The van der Waals surface area contributed by atoms with Crippen molar-refractivity contribution in [2.75, 3.05) is 11.9 Å². The van der Waals surface area contributed by atoms with Gasteiger partial charge in [-0.05, 0) is 46.3 Å². The molecule has 2 rings (SSSR count). The first kappa shape index (κ1) is 12.5. The molecule has 0 aliphatic rings. The van der Waals surface area contributed by atoms with Gasteiger partial charge >= 0.3 is 0 Å². The van der Waals surface area contributed by atoms with Crippen molar-refractivity contribution in [1.29, 1.82) is 5.26 Å². The summed E-state index contributed by atoms with van der Waals surface area (Å²) < 4.78 is 14.3. The number of nitrogens with zero attached hydrogens (tertiary/aromatic N) is 3.